The van der Waals surface area contributed by atoms with Gasteiger partial charge in [-0.3, -0.25) is 0 Å². The van der Waals surface area contributed by atoms with Crippen LogP contribution in [0.1, 0.15) is 379 Å². The van der Waals surface area contributed by atoms with Crippen molar-refractivity contribution in [3.63, 3.8) is 0 Å². The van der Waals surface area contributed by atoms with Gasteiger partial charge in [-0.15, -0.1) is 0 Å². The van der Waals surface area contributed by atoms with Crippen molar-refractivity contribution in [1.82, 2.24) is 0 Å². The van der Waals surface area contributed by atoms with Crippen LogP contribution in [0.2, 0.25) is 0 Å². The Bertz CT molecular complexity index is 1880. The molecule has 5 heteroatoms. The van der Waals surface area contributed by atoms with Gasteiger partial charge in [0, 0.05) is 19.6 Å². The Kier molecular flexibility index (Phi) is 83.8. The molecular formula is C93H179F3O2. The Labute approximate surface area is 617 Å². The van der Waals surface area contributed by atoms with Crippen molar-refractivity contribution in [3.8, 4) is 0 Å². The largest absolute Gasteiger partial charge is 0.379 e. The summed E-state index contributed by atoms with van der Waals surface area (Å²) in [7, 11) is 0. The number of aryl methyl sites for hydroxylation is 1. The van der Waals surface area contributed by atoms with Crippen LogP contribution in [0.5, 0.6) is 0 Å². The molecule has 0 heterocycles. The lowest BCUT2D eigenvalue weighted by Gasteiger charge is -2.26. The van der Waals surface area contributed by atoms with Crippen LogP contribution < -0.4 is 0 Å². The zero-order valence-corrected chi connectivity index (χ0v) is 72.5. The van der Waals surface area contributed by atoms with Crippen molar-refractivity contribution in [2.45, 2.75) is 401 Å². The van der Waals surface area contributed by atoms with E-state index in [9.17, 15) is 13.2 Å². The molecule has 0 N–H and O–H groups in total. The van der Waals surface area contributed by atoms with Gasteiger partial charge in [0.05, 0.1) is 12.2 Å². The quantitative estimate of drug-likeness (QED) is 0.0662. The van der Waals surface area contributed by atoms with Gasteiger partial charge in [0.2, 0.25) is 5.92 Å². The van der Waals surface area contributed by atoms with Crippen LogP contribution >= 0.6 is 0 Å². The first-order valence-corrected chi connectivity index (χ1v) is 41.1. The van der Waals surface area contributed by atoms with E-state index in [0.717, 1.165) is 104 Å². The number of rotatable bonds is 30. The number of hydrogen-bond acceptors (Lipinski definition) is 2. The molecule has 0 unspecified atom stereocenters. The Balaban J connectivity index is -0.000000185. The van der Waals surface area contributed by atoms with Crippen LogP contribution in [0.4, 0.5) is 13.2 Å². The van der Waals surface area contributed by atoms with E-state index in [2.05, 4.69) is 262 Å². The molecule has 0 aromatic heterocycles. The van der Waals surface area contributed by atoms with E-state index < -0.39 is 5.92 Å². The lowest BCUT2D eigenvalue weighted by molar-refractivity contribution is 0.00780. The molecule has 2 aliphatic rings. The lowest BCUT2D eigenvalue weighted by Crippen LogP contribution is -2.12. The average Bonchev–Trinajstić information content (AvgIpc) is 2.41. The van der Waals surface area contributed by atoms with Crippen molar-refractivity contribution in [2.75, 3.05) is 13.2 Å². The molecule has 98 heavy (non-hydrogen) atoms. The number of halogens is 3. The summed E-state index contributed by atoms with van der Waals surface area (Å²) in [6, 6.07) is 26.4. The fraction of sp³-hybridized carbons (Fsp3) is 0.806. The van der Waals surface area contributed by atoms with Gasteiger partial charge in [-0.2, -0.15) is 0 Å². The topological polar surface area (TPSA) is 18.5 Å². The van der Waals surface area contributed by atoms with Crippen molar-refractivity contribution < 1.29 is 22.6 Å². The van der Waals surface area contributed by atoms with E-state index in [-0.39, 0.29) is 12.2 Å². The third-order valence-electron chi connectivity index (χ3n) is 15.3. The summed E-state index contributed by atoms with van der Waals surface area (Å²) >= 11 is 0. The minimum absolute atomic E-state index is 0.0185. The second-order valence-corrected chi connectivity index (χ2v) is 33.8. The van der Waals surface area contributed by atoms with Gasteiger partial charge in [-0.05, 0) is 193 Å². The van der Waals surface area contributed by atoms with Crippen molar-refractivity contribution in [2.24, 2.45) is 76.9 Å². The first-order chi connectivity index (χ1) is 45.6. The minimum atomic E-state index is -2.47. The van der Waals surface area contributed by atoms with Gasteiger partial charge < -0.3 is 9.47 Å². The number of ether oxygens (including phenoxy) is 2. The summed E-state index contributed by atoms with van der Waals surface area (Å²) in [4.78, 5) is 0. The molecule has 5 rings (SSSR count). The molecule has 2 saturated carbocycles. The van der Waals surface area contributed by atoms with Crippen LogP contribution in [-0.2, 0) is 28.7 Å². The van der Waals surface area contributed by atoms with Crippen molar-refractivity contribution in [1.29, 1.82) is 0 Å². The molecule has 584 valence electrons. The van der Waals surface area contributed by atoms with Crippen molar-refractivity contribution >= 4 is 0 Å². The summed E-state index contributed by atoms with van der Waals surface area (Å²) in [5, 5.41) is 0. The highest BCUT2D eigenvalue weighted by Crippen LogP contribution is 2.33. The number of alkyl halides is 2. The predicted molar refractivity (Wildman–Crippen MR) is 443 cm³/mol. The van der Waals surface area contributed by atoms with Gasteiger partial charge >= 0.3 is 0 Å². The maximum Gasteiger partial charge on any atom is 0.245 e. The predicted octanol–water partition coefficient (Wildman–Crippen LogP) is 32.3. The van der Waals surface area contributed by atoms with E-state index in [0.29, 0.717) is 30.5 Å². The summed E-state index contributed by atoms with van der Waals surface area (Å²) in [5.74, 6) is 8.29. The number of unbranched alkanes of at least 4 members (excludes halogenated alkanes) is 2. The lowest BCUT2D eigenvalue weighted by atomic mass is 9.80. The number of hydrogen-bond donors (Lipinski definition) is 0. The maximum absolute atomic E-state index is 12.9. The molecule has 2 nitrogen and oxygen atoms in total. The SMILES string of the molecule is CC(C)CC(C)C.CC(C)CC1CCC1.CC(C)CCC(C)(F)F.CC(C)Cc1ccccc1.CC(C)Cc1ccccc1F.CC(C)OCCC1CC1.CCCC(C)C.CCCC(C)C.CCCCC(C)C.CCCCC(C)C.CCCOC(C)C.Cc1ccc(CC(C)C)cc1. The monoisotopic (exact) mass is 1390 g/mol. The van der Waals surface area contributed by atoms with E-state index in [1.165, 1.54) is 151 Å². The summed E-state index contributed by atoms with van der Waals surface area (Å²) in [6.45, 7) is 73.1. The molecule has 0 radical (unpaired) electrons. The second-order valence-electron chi connectivity index (χ2n) is 33.8. The molecule has 0 amide bonds. The van der Waals surface area contributed by atoms with E-state index in [1.807, 2.05) is 26.0 Å². The summed E-state index contributed by atoms with van der Waals surface area (Å²) < 4.78 is 47.7. The fourth-order valence-corrected chi connectivity index (χ4v) is 9.87. The van der Waals surface area contributed by atoms with Gasteiger partial charge in [0.15, 0.2) is 0 Å². The molecule has 0 bridgehead atoms. The molecule has 0 aliphatic heterocycles. The first kappa shape index (κ1) is 109. The smallest absolute Gasteiger partial charge is 0.245 e. The Morgan fingerprint density at radius 2 is 0.776 bits per heavy atom. The number of benzene rings is 3. The standard InChI is InChI=1S/C11H16.C10H13F.C10H14.C8H16O.C8H16.C7H14F2.3C7H16.C6H14O.2C6H14/c1-9(2)8-11-6-4-10(3)5-7-11;1-8(2)7-9-5-3-4-6-10(9)11;1-9(2)8-10-6-4-3-5-7-10;1-7(2)9-6-5-8-3-4-8;1-7(2)6-8-4-3-5-8;1-6(2)4-5-7(3,8)9;1-6(2)5-7(3)4;2*1-4-5-6-7(2)3;1-4-5-7-6(2)3;2*1-4-5-6(2)3/h4-7,9H,8H2,1-3H3;3-6,8H,7H2,1-2H3;3-7,9H,8H2,1-2H3;7-8H,3-6H2,1-2H3;7-8H,3-6H2,1-2H3;6H,4-5H2,1-3H3;6-7H,5H2,1-4H3;2*7H,4-6H2,1-3H3;6H,4-5H2,1-3H3;2*6H,4-5H2,1-3H3. The normalized spacial score (nSPS) is 12.3. The Hall–Kier alpha value is -2.63. The van der Waals surface area contributed by atoms with Gasteiger partial charge in [0.25, 0.3) is 0 Å². The molecule has 3 aromatic rings. The molecule has 0 spiro atoms. The van der Waals surface area contributed by atoms with Crippen LogP contribution in [0.3, 0.4) is 0 Å². The van der Waals surface area contributed by atoms with Crippen LogP contribution in [0, 0.1) is 89.7 Å². The first-order valence-electron chi connectivity index (χ1n) is 41.1. The Morgan fingerprint density at radius 3 is 1.01 bits per heavy atom. The molecular weight excluding hydrogens is 1210 g/mol. The average molecular weight is 1390 g/mol. The minimum Gasteiger partial charge on any atom is -0.379 e. The van der Waals surface area contributed by atoms with E-state index >= 15 is 0 Å². The fourth-order valence-electron chi connectivity index (χ4n) is 9.87. The zero-order chi connectivity index (χ0) is 77.0. The molecule has 0 saturated heterocycles. The second kappa shape index (κ2) is 75.5. The molecule has 0 atom stereocenters. The zero-order valence-electron chi connectivity index (χ0n) is 72.5. The molecule has 3 aromatic carbocycles. The van der Waals surface area contributed by atoms with E-state index in [1.54, 1.807) is 6.07 Å². The van der Waals surface area contributed by atoms with Gasteiger partial charge in [-0.25, -0.2) is 13.2 Å². The van der Waals surface area contributed by atoms with E-state index in [4.69, 9.17) is 9.47 Å². The van der Waals surface area contributed by atoms with Crippen LogP contribution in [0.15, 0.2) is 78.9 Å². The van der Waals surface area contributed by atoms with Crippen molar-refractivity contribution in [3.05, 3.63) is 107 Å². The Morgan fingerprint density at radius 1 is 0.388 bits per heavy atom. The van der Waals surface area contributed by atoms with Gasteiger partial charge in [-0.1, -0.05) is 362 Å². The summed E-state index contributed by atoms with van der Waals surface area (Å²) in [5.41, 5.74) is 5.06. The van der Waals surface area contributed by atoms with Gasteiger partial charge in [0.1, 0.15) is 5.82 Å². The maximum atomic E-state index is 12.9. The third kappa shape index (κ3) is 109. The molecule has 2 aliphatic carbocycles. The molecule has 2 fully saturated rings. The van der Waals surface area contributed by atoms with Crippen LogP contribution in [-0.4, -0.2) is 31.3 Å². The highest BCUT2D eigenvalue weighted by molar-refractivity contribution is 5.21. The highest BCUT2D eigenvalue weighted by atomic mass is 19.3. The van der Waals surface area contributed by atoms with Crippen LogP contribution in [0.25, 0.3) is 0 Å². The highest BCUT2D eigenvalue weighted by Gasteiger charge is 2.21. The summed E-state index contributed by atoms with van der Waals surface area (Å²) in [6.07, 6.45) is 31.0. The third-order valence-corrected chi connectivity index (χ3v) is 15.3.